The lowest BCUT2D eigenvalue weighted by Gasteiger charge is -2.27. The fourth-order valence-corrected chi connectivity index (χ4v) is 5.11. The molecule has 1 fully saturated rings. The second-order valence-electron chi connectivity index (χ2n) is 7.98. The molecule has 0 unspecified atom stereocenters. The maximum Gasteiger partial charge on any atom is 0.265 e. The van der Waals surface area contributed by atoms with E-state index in [9.17, 15) is 8.42 Å². The number of hydrogen-bond acceptors (Lipinski definition) is 7. The minimum absolute atomic E-state index is 0.0565. The molecule has 8 nitrogen and oxygen atoms in total. The van der Waals surface area contributed by atoms with Gasteiger partial charge in [0.15, 0.2) is 5.82 Å². The third-order valence-electron chi connectivity index (χ3n) is 5.58. The van der Waals surface area contributed by atoms with Crippen molar-refractivity contribution in [3.8, 4) is 22.8 Å². The van der Waals surface area contributed by atoms with Gasteiger partial charge in [-0.25, -0.2) is 8.42 Å². The second-order valence-corrected chi connectivity index (χ2v) is 9.63. The van der Waals surface area contributed by atoms with Crippen LogP contribution in [0.1, 0.15) is 33.1 Å². The predicted octanol–water partition coefficient (Wildman–Crippen LogP) is 4.73. The van der Waals surface area contributed by atoms with Crippen molar-refractivity contribution in [2.75, 3.05) is 35.9 Å². The van der Waals surface area contributed by atoms with Crippen LogP contribution in [0.2, 0.25) is 0 Å². The highest BCUT2D eigenvalue weighted by molar-refractivity contribution is 7.92. The number of anilines is 2. The van der Waals surface area contributed by atoms with Crippen molar-refractivity contribution in [3.05, 3.63) is 54.6 Å². The Morgan fingerprint density at radius 2 is 1.62 bits per heavy atom. The average Bonchev–Trinajstić information content (AvgIpc) is 2.85. The van der Waals surface area contributed by atoms with Gasteiger partial charge in [-0.1, -0.05) is 12.1 Å². The number of rotatable bonds is 9. The van der Waals surface area contributed by atoms with Crippen LogP contribution in [0, 0.1) is 0 Å². The second kappa shape index (κ2) is 10.7. The fraction of sp³-hybridized carbons (Fsp3) is 0.360. The molecule has 1 aliphatic heterocycles. The van der Waals surface area contributed by atoms with Gasteiger partial charge in [-0.15, -0.1) is 10.2 Å². The molecule has 2 heterocycles. The highest BCUT2D eigenvalue weighted by Gasteiger charge is 2.21. The van der Waals surface area contributed by atoms with Crippen LogP contribution < -0.4 is 19.1 Å². The van der Waals surface area contributed by atoms with Gasteiger partial charge in [0.1, 0.15) is 16.4 Å². The summed E-state index contributed by atoms with van der Waals surface area (Å²) < 4.78 is 39.8. The molecule has 0 radical (unpaired) electrons. The fourth-order valence-electron chi connectivity index (χ4n) is 3.93. The summed E-state index contributed by atoms with van der Waals surface area (Å²) in [5.74, 6) is 1.71. The zero-order valence-electron chi connectivity index (χ0n) is 19.5. The quantitative estimate of drug-likeness (QED) is 0.471. The van der Waals surface area contributed by atoms with Gasteiger partial charge in [-0.2, -0.15) is 0 Å². The summed E-state index contributed by atoms with van der Waals surface area (Å²) >= 11 is 0. The van der Waals surface area contributed by atoms with E-state index in [0.29, 0.717) is 24.7 Å². The molecule has 0 spiro atoms. The lowest BCUT2D eigenvalue weighted by Crippen LogP contribution is -2.30. The number of sulfonamides is 1. The molecular formula is C25H30N4O4S. The molecule has 1 saturated heterocycles. The first kappa shape index (κ1) is 23.8. The van der Waals surface area contributed by atoms with Crippen molar-refractivity contribution in [2.24, 2.45) is 0 Å². The molecule has 4 rings (SSSR count). The summed E-state index contributed by atoms with van der Waals surface area (Å²) in [6.45, 7) is 6.52. The summed E-state index contributed by atoms with van der Waals surface area (Å²) in [7, 11) is -3.86. The van der Waals surface area contributed by atoms with E-state index in [1.54, 1.807) is 31.2 Å². The zero-order chi connectivity index (χ0) is 24.0. The number of ether oxygens (including phenoxy) is 2. The van der Waals surface area contributed by atoms with E-state index in [2.05, 4.69) is 19.8 Å². The Morgan fingerprint density at radius 1 is 0.882 bits per heavy atom. The van der Waals surface area contributed by atoms with E-state index in [1.165, 1.54) is 25.3 Å². The van der Waals surface area contributed by atoms with Gasteiger partial charge in [-0.05, 0) is 69.5 Å². The average molecular weight is 483 g/mol. The number of piperidine rings is 1. The predicted molar refractivity (Wildman–Crippen MR) is 133 cm³/mol. The molecule has 9 heteroatoms. The molecule has 3 aromatic rings. The minimum atomic E-state index is -3.86. The van der Waals surface area contributed by atoms with Gasteiger partial charge in [-0.3, -0.25) is 4.72 Å². The van der Waals surface area contributed by atoms with Crippen LogP contribution in [0.15, 0.2) is 59.5 Å². The maximum absolute atomic E-state index is 13.1. The van der Waals surface area contributed by atoms with Crippen LogP contribution in [-0.2, 0) is 10.0 Å². The topological polar surface area (TPSA) is 93.7 Å². The highest BCUT2D eigenvalue weighted by Crippen LogP contribution is 2.31. The van der Waals surface area contributed by atoms with Gasteiger partial charge in [0.05, 0.1) is 18.9 Å². The Bertz CT molecular complexity index is 1190. The molecular weight excluding hydrogens is 452 g/mol. The monoisotopic (exact) mass is 482 g/mol. The van der Waals surface area contributed by atoms with Crippen LogP contribution in [-0.4, -0.2) is 44.9 Å². The van der Waals surface area contributed by atoms with Crippen LogP contribution >= 0.6 is 0 Å². The zero-order valence-corrected chi connectivity index (χ0v) is 20.3. The summed E-state index contributed by atoms with van der Waals surface area (Å²) in [4.78, 5) is 2.32. The molecule has 180 valence electrons. The number of benzene rings is 2. The SMILES string of the molecule is CCOc1ccc(S(=O)(=O)Nc2ccc(-c3ccc(N4CCCCC4)nn3)cc2)c(OCC)c1. The van der Waals surface area contributed by atoms with E-state index in [0.717, 1.165) is 30.2 Å². The first-order valence-electron chi connectivity index (χ1n) is 11.6. The Hall–Kier alpha value is -3.33. The van der Waals surface area contributed by atoms with E-state index in [-0.39, 0.29) is 10.6 Å². The minimum Gasteiger partial charge on any atom is -0.494 e. The molecule has 1 aliphatic rings. The largest absolute Gasteiger partial charge is 0.494 e. The summed E-state index contributed by atoms with van der Waals surface area (Å²) in [6, 6.07) is 15.7. The van der Waals surface area contributed by atoms with Crippen molar-refractivity contribution < 1.29 is 17.9 Å². The van der Waals surface area contributed by atoms with Crippen molar-refractivity contribution in [2.45, 2.75) is 38.0 Å². The Kier molecular flexibility index (Phi) is 7.52. The third kappa shape index (κ3) is 5.59. The number of hydrogen-bond donors (Lipinski definition) is 1. The van der Waals surface area contributed by atoms with Crippen molar-refractivity contribution in [3.63, 3.8) is 0 Å². The van der Waals surface area contributed by atoms with Crippen LogP contribution in [0.25, 0.3) is 11.3 Å². The molecule has 0 bridgehead atoms. The Morgan fingerprint density at radius 3 is 2.26 bits per heavy atom. The third-order valence-corrected chi connectivity index (χ3v) is 7.00. The molecule has 0 saturated carbocycles. The first-order valence-corrected chi connectivity index (χ1v) is 13.1. The van der Waals surface area contributed by atoms with Gasteiger partial charge < -0.3 is 14.4 Å². The summed E-state index contributed by atoms with van der Waals surface area (Å²) in [6.07, 6.45) is 3.64. The number of nitrogens with one attached hydrogen (secondary N) is 1. The maximum atomic E-state index is 13.1. The first-order chi connectivity index (χ1) is 16.5. The summed E-state index contributed by atoms with van der Waals surface area (Å²) in [5, 5.41) is 8.76. The lowest BCUT2D eigenvalue weighted by atomic mass is 10.1. The smallest absolute Gasteiger partial charge is 0.265 e. The molecule has 0 atom stereocenters. The standard InChI is InChI=1S/C25H30N4O4S/c1-3-32-21-12-14-24(23(18-21)33-4-2)34(30,31)28-20-10-8-19(9-11-20)22-13-15-25(27-26-22)29-16-6-5-7-17-29/h8-15,18,28H,3-7,16-17H2,1-2H3. The van der Waals surface area contributed by atoms with Gasteiger partial charge in [0.2, 0.25) is 0 Å². The van der Waals surface area contributed by atoms with Crippen molar-refractivity contribution in [1.82, 2.24) is 10.2 Å². The molecule has 34 heavy (non-hydrogen) atoms. The molecule has 0 aliphatic carbocycles. The van der Waals surface area contributed by atoms with E-state index >= 15 is 0 Å². The van der Waals surface area contributed by atoms with E-state index in [1.807, 2.05) is 31.2 Å². The van der Waals surface area contributed by atoms with Crippen molar-refractivity contribution in [1.29, 1.82) is 0 Å². The van der Waals surface area contributed by atoms with E-state index < -0.39 is 10.0 Å². The molecule has 0 amide bonds. The van der Waals surface area contributed by atoms with E-state index in [4.69, 9.17) is 9.47 Å². The summed E-state index contributed by atoms with van der Waals surface area (Å²) in [5.41, 5.74) is 2.04. The van der Waals surface area contributed by atoms with Crippen LogP contribution in [0.5, 0.6) is 11.5 Å². The molecule has 1 N–H and O–H groups in total. The highest BCUT2D eigenvalue weighted by atomic mass is 32.2. The number of aromatic nitrogens is 2. The lowest BCUT2D eigenvalue weighted by molar-refractivity contribution is 0.317. The van der Waals surface area contributed by atoms with Gasteiger partial charge >= 0.3 is 0 Å². The van der Waals surface area contributed by atoms with Gasteiger partial charge in [0, 0.05) is 30.4 Å². The normalized spacial score (nSPS) is 14.0. The Balaban J connectivity index is 1.49. The molecule has 1 aromatic heterocycles. The van der Waals surface area contributed by atoms with Crippen LogP contribution in [0.3, 0.4) is 0 Å². The molecule has 2 aromatic carbocycles. The van der Waals surface area contributed by atoms with Crippen molar-refractivity contribution >= 4 is 21.5 Å². The van der Waals surface area contributed by atoms with Crippen LogP contribution in [0.4, 0.5) is 11.5 Å². The number of nitrogens with zero attached hydrogens (tertiary/aromatic N) is 3. The van der Waals surface area contributed by atoms with Gasteiger partial charge in [0.25, 0.3) is 10.0 Å². The Labute approximate surface area is 201 Å².